The molecule has 0 bridgehead atoms. The Balaban J connectivity index is 1.63. The highest BCUT2D eigenvalue weighted by molar-refractivity contribution is 5.97. The Kier molecular flexibility index (Phi) is 4.41. The van der Waals surface area contributed by atoms with Gasteiger partial charge in [0.25, 0.3) is 5.91 Å². The number of fused-ring (bicyclic) bond motifs is 1. The molecule has 0 aliphatic carbocycles. The maximum Gasteiger partial charge on any atom is 0.268 e. The van der Waals surface area contributed by atoms with E-state index in [1.54, 1.807) is 43.2 Å². The van der Waals surface area contributed by atoms with Crippen LogP contribution in [0.4, 0.5) is 0 Å². The zero-order valence-corrected chi connectivity index (χ0v) is 13.5. The highest BCUT2D eigenvalue weighted by atomic mass is 16.5. The van der Waals surface area contributed by atoms with Crippen molar-refractivity contribution < 1.29 is 19.1 Å². The fourth-order valence-electron chi connectivity index (χ4n) is 2.71. The van der Waals surface area contributed by atoms with Gasteiger partial charge in [0, 0.05) is 12.7 Å². The summed E-state index contributed by atoms with van der Waals surface area (Å²) in [5.41, 5.74) is 1.45. The van der Waals surface area contributed by atoms with E-state index >= 15 is 0 Å². The van der Waals surface area contributed by atoms with Crippen LogP contribution >= 0.6 is 0 Å². The Morgan fingerprint density at radius 1 is 1.29 bits per heavy atom. The van der Waals surface area contributed by atoms with E-state index < -0.39 is 6.04 Å². The predicted molar refractivity (Wildman–Crippen MR) is 87.1 cm³/mol. The predicted octanol–water partition coefficient (Wildman–Crippen LogP) is 0.934. The molecule has 0 saturated carbocycles. The summed E-state index contributed by atoms with van der Waals surface area (Å²) in [4.78, 5) is 24.3. The van der Waals surface area contributed by atoms with Crippen molar-refractivity contribution in [3.8, 4) is 11.5 Å². The number of aromatic nitrogens is 1. The summed E-state index contributed by atoms with van der Waals surface area (Å²) in [7, 11) is 3.13. The topological polar surface area (TPSA) is 81.6 Å². The van der Waals surface area contributed by atoms with E-state index in [0.29, 0.717) is 30.3 Å². The van der Waals surface area contributed by atoms with Crippen molar-refractivity contribution in [2.75, 3.05) is 14.2 Å². The van der Waals surface area contributed by atoms with E-state index in [1.165, 1.54) is 0 Å². The molecule has 1 aromatic carbocycles. The van der Waals surface area contributed by atoms with Crippen LogP contribution in [-0.4, -0.2) is 36.6 Å². The maximum atomic E-state index is 12.3. The second-order valence-electron chi connectivity index (χ2n) is 5.48. The molecule has 1 aliphatic heterocycles. The number of hydrogen-bond acceptors (Lipinski definition) is 4. The van der Waals surface area contributed by atoms with Crippen LogP contribution in [-0.2, 0) is 17.9 Å². The molecule has 1 atom stereocenters. The number of nitrogens with one attached hydrogen (secondary N) is 2. The van der Waals surface area contributed by atoms with Gasteiger partial charge in [-0.1, -0.05) is 6.07 Å². The molecule has 24 heavy (non-hydrogen) atoms. The third-order valence-electron chi connectivity index (χ3n) is 3.98. The first-order valence-corrected chi connectivity index (χ1v) is 7.57. The molecule has 0 fully saturated rings. The largest absolute Gasteiger partial charge is 0.493 e. The molecular formula is C17H19N3O4. The van der Waals surface area contributed by atoms with Crippen molar-refractivity contribution in [3.63, 3.8) is 0 Å². The summed E-state index contributed by atoms with van der Waals surface area (Å²) in [6.45, 7) is 0.760. The van der Waals surface area contributed by atoms with Crippen LogP contribution in [0.25, 0.3) is 0 Å². The average Bonchev–Trinajstić information content (AvgIpc) is 3.08. The monoisotopic (exact) mass is 329 g/mol. The first-order chi connectivity index (χ1) is 11.6. The third-order valence-corrected chi connectivity index (χ3v) is 3.98. The van der Waals surface area contributed by atoms with E-state index in [9.17, 15) is 9.59 Å². The lowest BCUT2D eigenvalue weighted by Crippen LogP contribution is -2.52. The third kappa shape index (κ3) is 3.05. The molecule has 0 radical (unpaired) electrons. The van der Waals surface area contributed by atoms with Crippen molar-refractivity contribution in [3.05, 3.63) is 47.8 Å². The van der Waals surface area contributed by atoms with Crippen molar-refractivity contribution >= 4 is 11.8 Å². The lowest BCUT2D eigenvalue weighted by Gasteiger charge is -2.25. The van der Waals surface area contributed by atoms with Crippen LogP contribution in [0.1, 0.15) is 16.1 Å². The smallest absolute Gasteiger partial charge is 0.268 e. The number of methoxy groups -OCH3 is 2. The highest BCUT2D eigenvalue weighted by Crippen LogP contribution is 2.27. The van der Waals surface area contributed by atoms with Crippen LogP contribution in [0, 0.1) is 0 Å². The van der Waals surface area contributed by atoms with E-state index in [2.05, 4.69) is 10.6 Å². The molecule has 7 heteroatoms. The highest BCUT2D eigenvalue weighted by Gasteiger charge is 2.28. The molecule has 1 aromatic heterocycles. The van der Waals surface area contributed by atoms with Gasteiger partial charge in [0.2, 0.25) is 5.91 Å². The minimum Gasteiger partial charge on any atom is -0.493 e. The molecule has 126 valence electrons. The normalized spacial score (nSPS) is 16.1. The number of carbonyl (C=O) groups excluding carboxylic acids is 2. The number of carbonyl (C=O) groups is 2. The van der Waals surface area contributed by atoms with Gasteiger partial charge in [-0.3, -0.25) is 9.59 Å². The molecular weight excluding hydrogens is 310 g/mol. The molecule has 2 heterocycles. The Bertz CT molecular complexity index is 769. The summed E-state index contributed by atoms with van der Waals surface area (Å²) in [5.74, 6) is 0.773. The summed E-state index contributed by atoms with van der Waals surface area (Å²) in [6.07, 6.45) is 1.79. The SMILES string of the molecule is COc1ccc(CNC(=O)C2Cn3cccc3C(=O)N2)cc1OC. The van der Waals surface area contributed by atoms with Crippen molar-refractivity contribution in [2.45, 2.75) is 19.1 Å². The van der Waals surface area contributed by atoms with Gasteiger partial charge in [-0.15, -0.1) is 0 Å². The minimum atomic E-state index is -0.586. The summed E-state index contributed by atoms with van der Waals surface area (Å²) in [5, 5.41) is 5.56. The molecule has 0 saturated heterocycles. The Morgan fingerprint density at radius 3 is 2.83 bits per heavy atom. The maximum absolute atomic E-state index is 12.3. The summed E-state index contributed by atoms with van der Waals surface area (Å²) >= 11 is 0. The number of rotatable bonds is 5. The number of hydrogen-bond donors (Lipinski definition) is 2. The van der Waals surface area contributed by atoms with Gasteiger partial charge in [0.1, 0.15) is 11.7 Å². The second-order valence-corrected chi connectivity index (χ2v) is 5.48. The molecule has 0 spiro atoms. The van der Waals surface area contributed by atoms with Gasteiger partial charge in [0.15, 0.2) is 11.5 Å². The molecule has 2 aromatic rings. The van der Waals surface area contributed by atoms with Crippen LogP contribution in [0.3, 0.4) is 0 Å². The molecule has 3 rings (SSSR count). The van der Waals surface area contributed by atoms with Crippen molar-refractivity contribution in [2.24, 2.45) is 0 Å². The number of amides is 2. The fourth-order valence-corrected chi connectivity index (χ4v) is 2.71. The van der Waals surface area contributed by atoms with Gasteiger partial charge >= 0.3 is 0 Å². The van der Waals surface area contributed by atoms with E-state index in [-0.39, 0.29) is 11.8 Å². The molecule has 1 unspecified atom stereocenters. The first-order valence-electron chi connectivity index (χ1n) is 7.57. The van der Waals surface area contributed by atoms with Gasteiger partial charge in [-0.05, 0) is 29.8 Å². The zero-order chi connectivity index (χ0) is 17.1. The Hall–Kier alpha value is -2.96. The van der Waals surface area contributed by atoms with Crippen LogP contribution < -0.4 is 20.1 Å². The fraction of sp³-hybridized carbons (Fsp3) is 0.294. The van der Waals surface area contributed by atoms with Crippen LogP contribution in [0.2, 0.25) is 0 Å². The van der Waals surface area contributed by atoms with E-state index in [1.807, 2.05) is 12.1 Å². The molecule has 2 N–H and O–H groups in total. The Labute approximate surface area is 139 Å². The zero-order valence-electron chi connectivity index (χ0n) is 13.5. The van der Waals surface area contributed by atoms with E-state index in [4.69, 9.17) is 9.47 Å². The molecule has 7 nitrogen and oxygen atoms in total. The van der Waals surface area contributed by atoms with Crippen molar-refractivity contribution in [1.82, 2.24) is 15.2 Å². The van der Waals surface area contributed by atoms with Gasteiger partial charge in [-0.25, -0.2) is 0 Å². The molecule has 2 amide bonds. The minimum absolute atomic E-state index is 0.225. The lowest BCUT2D eigenvalue weighted by atomic mass is 10.1. The van der Waals surface area contributed by atoms with Crippen molar-refractivity contribution in [1.29, 1.82) is 0 Å². The summed E-state index contributed by atoms with van der Waals surface area (Å²) < 4.78 is 12.2. The number of ether oxygens (including phenoxy) is 2. The number of benzene rings is 1. The van der Waals surface area contributed by atoms with E-state index in [0.717, 1.165) is 5.56 Å². The standard InChI is InChI=1S/C17H19N3O4/c1-23-14-6-5-11(8-15(14)24-2)9-18-16(21)12-10-20-7-3-4-13(20)17(22)19-12/h3-8,12H,9-10H2,1-2H3,(H,18,21)(H,19,22). The average molecular weight is 329 g/mol. The lowest BCUT2D eigenvalue weighted by molar-refractivity contribution is -0.123. The summed E-state index contributed by atoms with van der Waals surface area (Å²) in [6, 6.07) is 8.38. The Morgan fingerprint density at radius 2 is 2.08 bits per heavy atom. The van der Waals surface area contributed by atoms with Crippen LogP contribution in [0.15, 0.2) is 36.5 Å². The molecule has 1 aliphatic rings. The van der Waals surface area contributed by atoms with Crippen LogP contribution in [0.5, 0.6) is 11.5 Å². The number of nitrogens with zero attached hydrogens (tertiary/aromatic N) is 1. The van der Waals surface area contributed by atoms with Gasteiger partial charge in [0.05, 0.1) is 20.8 Å². The quantitative estimate of drug-likeness (QED) is 0.855. The van der Waals surface area contributed by atoms with Gasteiger partial charge in [-0.2, -0.15) is 0 Å². The van der Waals surface area contributed by atoms with Gasteiger partial charge < -0.3 is 24.7 Å². The first kappa shape index (κ1) is 15.9. The second kappa shape index (κ2) is 6.66.